The zero-order valence-corrected chi connectivity index (χ0v) is 15.1. The first-order valence-electron chi connectivity index (χ1n) is 8.89. The minimum Gasteiger partial charge on any atom is -0.473 e. The van der Waals surface area contributed by atoms with Crippen molar-refractivity contribution in [1.82, 2.24) is 9.55 Å². The Hall–Kier alpha value is -3.49. The van der Waals surface area contributed by atoms with Crippen molar-refractivity contribution in [2.75, 3.05) is 11.9 Å². The van der Waals surface area contributed by atoms with Crippen LogP contribution in [-0.4, -0.2) is 16.1 Å². The van der Waals surface area contributed by atoms with Crippen LogP contribution < -0.4 is 20.5 Å². The number of ether oxygens (including phenoxy) is 2. The molecule has 1 aromatic heterocycles. The fourth-order valence-corrected chi connectivity index (χ4v) is 2.92. The molecule has 0 unspecified atom stereocenters. The van der Waals surface area contributed by atoms with E-state index >= 15 is 0 Å². The van der Waals surface area contributed by atoms with Gasteiger partial charge in [-0.1, -0.05) is 6.07 Å². The van der Waals surface area contributed by atoms with Crippen LogP contribution in [0.3, 0.4) is 0 Å². The van der Waals surface area contributed by atoms with Crippen molar-refractivity contribution in [1.29, 1.82) is 0 Å². The van der Waals surface area contributed by atoms with Crippen LogP contribution in [0.15, 0.2) is 47.3 Å². The maximum atomic E-state index is 14.3. The van der Waals surface area contributed by atoms with Crippen LogP contribution in [0.5, 0.6) is 17.4 Å². The van der Waals surface area contributed by atoms with Crippen molar-refractivity contribution in [2.24, 2.45) is 0 Å². The van der Waals surface area contributed by atoms with Gasteiger partial charge in [-0.25, -0.2) is 18.0 Å². The SMILES string of the molecule is O=c1nc(OCc2ccc(Oc3ccc(F)c(F)c3)c(F)c2)cc2n1CCCN2. The van der Waals surface area contributed by atoms with Gasteiger partial charge in [-0.3, -0.25) is 4.57 Å². The highest BCUT2D eigenvalue weighted by Crippen LogP contribution is 2.27. The third kappa shape index (κ3) is 4.18. The van der Waals surface area contributed by atoms with Crippen LogP contribution in [0.25, 0.3) is 0 Å². The molecule has 0 radical (unpaired) electrons. The average molecular weight is 403 g/mol. The van der Waals surface area contributed by atoms with Gasteiger partial charge in [0.2, 0.25) is 5.88 Å². The molecule has 29 heavy (non-hydrogen) atoms. The highest BCUT2D eigenvalue weighted by atomic mass is 19.2. The summed E-state index contributed by atoms with van der Waals surface area (Å²) in [5.74, 6) is -2.21. The van der Waals surface area contributed by atoms with E-state index in [4.69, 9.17) is 9.47 Å². The summed E-state index contributed by atoms with van der Waals surface area (Å²) in [5, 5.41) is 3.11. The van der Waals surface area contributed by atoms with Gasteiger partial charge < -0.3 is 14.8 Å². The maximum Gasteiger partial charge on any atom is 0.352 e. The zero-order chi connectivity index (χ0) is 20.4. The number of aromatic nitrogens is 2. The van der Waals surface area contributed by atoms with Crippen LogP contribution >= 0.6 is 0 Å². The van der Waals surface area contributed by atoms with E-state index in [9.17, 15) is 18.0 Å². The Bertz CT molecular complexity index is 1120. The van der Waals surface area contributed by atoms with Gasteiger partial charge >= 0.3 is 5.69 Å². The summed E-state index contributed by atoms with van der Waals surface area (Å²) in [6.07, 6.45) is 0.840. The number of hydrogen-bond donors (Lipinski definition) is 1. The van der Waals surface area contributed by atoms with E-state index in [1.807, 2.05) is 0 Å². The Balaban J connectivity index is 1.45. The number of rotatable bonds is 5. The molecule has 3 aromatic rings. The standard InChI is InChI=1S/C20H16F3N3O3/c21-14-4-3-13(9-15(14)22)29-17-5-2-12(8-16(17)23)11-28-19-10-18-24-6-1-7-26(18)20(27)25-19/h2-5,8-10,24H,1,6-7,11H2. The van der Waals surface area contributed by atoms with E-state index in [0.29, 0.717) is 17.9 Å². The second kappa shape index (κ2) is 7.86. The van der Waals surface area contributed by atoms with Crippen molar-refractivity contribution < 1.29 is 22.6 Å². The van der Waals surface area contributed by atoms with Crippen molar-refractivity contribution >= 4 is 5.82 Å². The fraction of sp³-hybridized carbons (Fsp3) is 0.200. The molecule has 0 bridgehead atoms. The summed E-state index contributed by atoms with van der Waals surface area (Å²) >= 11 is 0. The molecule has 9 heteroatoms. The zero-order valence-electron chi connectivity index (χ0n) is 15.1. The molecule has 0 spiro atoms. The molecular formula is C20H16F3N3O3. The Morgan fingerprint density at radius 1 is 1.03 bits per heavy atom. The molecule has 0 saturated heterocycles. The first-order chi connectivity index (χ1) is 14.0. The molecular weight excluding hydrogens is 387 g/mol. The van der Waals surface area contributed by atoms with Crippen LogP contribution in [-0.2, 0) is 13.2 Å². The molecule has 4 rings (SSSR count). The molecule has 2 aromatic carbocycles. The molecule has 6 nitrogen and oxygen atoms in total. The van der Waals surface area contributed by atoms with Crippen molar-refractivity contribution in [3.63, 3.8) is 0 Å². The highest BCUT2D eigenvalue weighted by Gasteiger charge is 2.13. The molecule has 0 fully saturated rings. The summed E-state index contributed by atoms with van der Waals surface area (Å²) < 4.78 is 52.8. The summed E-state index contributed by atoms with van der Waals surface area (Å²) in [6.45, 7) is 1.34. The van der Waals surface area contributed by atoms with E-state index < -0.39 is 23.1 Å². The van der Waals surface area contributed by atoms with Crippen LogP contribution in [0.4, 0.5) is 19.0 Å². The molecule has 1 N–H and O–H groups in total. The van der Waals surface area contributed by atoms with Crippen LogP contribution in [0, 0.1) is 17.5 Å². The van der Waals surface area contributed by atoms with E-state index in [-0.39, 0.29) is 24.0 Å². The summed E-state index contributed by atoms with van der Waals surface area (Å²) in [4.78, 5) is 15.9. The first-order valence-corrected chi connectivity index (χ1v) is 8.89. The molecule has 1 aliphatic heterocycles. The number of benzene rings is 2. The molecule has 2 heterocycles. The van der Waals surface area contributed by atoms with Crippen LogP contribution in [0.2, 0.25) is 0 Å². The normalized spacial score (nSPS) is 12.8. The molecule has 0 atom stereocenters. The highest BCUT2D eigenvalue weighted by molar-refractivity contribution is 5.40. The van der Waals surface area contributed by atoms with E-state index in [1.54, 1.807) is 12.1 Å². The first kappa shape index (κ1) is 18.9. The summed E-state index contributed by atoms with van der Waals surface area (Å²) in [5.41, 5.74) is 0.0684. The minimum atomic E-state index is -1.09. The van der Waals surface area contributed by atoms with Gasteiger partial charge in [0.15, 0.2) is 23.2 Å². The maximum absolute atomic E-state index is 14.3. The number of nitrogens with one attached hydrogen (secondary N) is 1. The van der Waals surface area contributed by atoms with Crippen molar-refractivity contribution in [2.45, 2.75) is 19.6 Å². The largest absolute Gasteiger partial charge is 0.473 e. The molecule has 150 valence electrons. The Kier molecular flexibility index (Phi) is 5.11. The lowest BCUT2D eigenvalue weighted by Gasteiger charge is -2.19. The quantitative estimate of drug-likeness (QED) is 0.701. The second-order valence-electron chi connectivity index (χ2n) is 6.43. The van der Waals surface area contributed by atoms with Gasteiger partial charge in [-0.2, -0.15) is 4.98 Å². The lowest BCUT2D eigenvalue weighted by molar-refractivity contribution is 0.290. The second-order valence-corrected chi connectivity index (χ2v) is 6.43. The van der Waals surface area contributed by atoms with E-state index in [2.05, 4.69) is 10.3 Å². The Morgan fingerprint density at radius 2 is 1.90 bits per heavy atom. The Labute approximate surface area is 163 Å². The third-order valence-corrected chi connectivity index (χ3v) is 4.35. The number of nitrogens with zero attached hydrogens (tertiary/aromatic N) is 2. The number of fused-ring (bicyclic) bond motifs is 1. The molecule has 1 aliphatic rings. The predicted octanol–water partition coefficient (Wildman–Crippen LogP) is 3.85. The van der Waals surface area contributed by atoms with E-state index in [0.717, 1.165) is 25.1 Å². The fourth-order valence-electron chi connectivity index (χ4n) is 2.92. The molecule has 0 aliphatic carbocycles. The van der Waals surface area contributed by atoms with Crippen LogP contribution in [0.1, 0.15) is 12.0 Å². The van der Waals surface area contributed by atoms with Gasteiger partial charge in [0.25, 0.3) is 0 Å². The van der Waals surface area contributed by atoms with Gasteiger partial charge in [-0.05, 0) is 36.2 Å². The topological polar surface area (TPSA) is 65.4 Å². The van der Waals surface area contributed by atoms with Gasteiger partial charge in [0.05, 0.1) is 0 Å². The van der Waals surface area contributed by atoms with E-state index in [1.165, 1.54) is 22.8 Å². The summed E-state index contributed by atoms with van der Waals surface area (Å²) in [6, 6.07) is 8.65. The van der Waals surface area contributed by atoms with Crippen molar-refractivity contribution in [3.8, 4) is 17.4 Å². The van der Waals surface area contributed by atoms with Gasteiger partial charge in [-0.15, -0.1) is 0 Å². The molecule has 0 amide bonds. The summed E-state index contributed by atoms with van der Waals surface area (Å²) in [7, 11) is 0. The van der Waals surface area contributed by atoms with Crippen molar-refractivity contribution in [3.05, 3.63) is 76.0 Å². The smallest absolute Gasteiger partial charge is 0.352 e. The number of halogens is 3. The lowest BCUT2D eigenvalue weighted by Crippen LogP contribution is -2.30. The average Bonchev–Trinajstić information content (AvgIpc) is 2.71. The monoisotopic (exact) mass is 403 g/mol. The predicted molar refractivity (Wildman–Crippen MR) is 98.8 cm³/mol. The van der Waals surface area contributed by atoms with Gasteiger partial charge in [0, 0.05) is 25.2 Å². The minimum absolute atomic E-state index is 0.0156. The number of anilines is 1. The number of hydrogen-bond acceptors (Lipinski definition) is 5. The molecule has 0 saturated carbocycles. The lowest BCUT2D eigenvalue weighted by atomic mass is 10.2. The van der Waals surface area contributed by atoms with Gasteiger partial charge in [0.1, 0.15) is 18.2 Å². The Morgan fingerprint density at radius 3 is 2.69 bits per heavy atom. The third-order valence-electron chi connectivity index (χ3n) is 4.35.